The van der Waals surface area contributed by atoms with Crippen LogP contribution in [0.3, 0.4) is 0 Å². The third-order valence-corrected chi connectivity index (χ3v) is 4.30. The van der Waals surface area contributed by atoms with E-state index in [9.17, 15) is 0 Å². The van der Waals surface area contributed by atoms with Crippen LogP contribution in [-0.4, -0.2) is 0 Å². The normalized spacial score (nSPS) is 12.3. The molecule has 1 N–H and O–H groups in total. The van der Waals surface area contributed by atoms with Crippen LogP contribution >= 0.6 is 23.2 Å². The molecule has 23 heavy (non-hydrogen) atoms. The second-order valence-electron chi connectivity index (χ2n) is 5.40. The standard InChI is InChI=1S/C19H17Cl2NO/c1-13(14-5-3-2-4-6-14)22-12-16-8-10-19(23-16)17-11-15(20)7-9-18(17)21/h2-11,13,22H,12H2,1H3/t13-/m0/s1. The fourth-order valence-electron chi connectivity index (χ4n) is 2.42. The van der Waals surface area contributed by atoms with Gasteiger partial charge in [0, 0.05) is 16.6 Å². The number of furan rings is 1. The van der Waals surface area contributed by atoms with Crippen LogP contribution in [0.1, 0.15) is 24.3 Å². The first-order chi connectivity index (χ1) is 11.1. The van der Waals surface area contributed by atoms with Gasteiger partial charge in [-0.05, 0) is 42.8 Å². The van der Waals surface area contributed by atoms with Crippen molar-refractivity contribution in [1.29, 1.82) is 0 Å². The first-order valence-corrected chi connectivity index (χ1v) is 8.21. The first-order valence-electron chi connectivity index (χ1n) is 7.46. The molecule has 0 radical (unpaired) electrons. The van der Waals surface area contributed by atoms with Crippen LogP contribution < -0.4 is 5.32 Å². The zero-order valence-corrected chi connectivity index (χ0v) is 14.2. The van der Waals surface area contributed by atoms with E-state index < -0.39 is 0 Å². The molecule has 1 atom stereocenters. The fourth-order valence-corrected chi connectivity index (χ4v) is 2.80. The van der Waals surface area contributed by atoms with E-state index >= 15 is 0 Å². The number of hydrogen-bond acceptors (Lipinski definition) is 2. The highest BCUT2D eigenvalue weighted by atomic mass is 35.5. The van der Waals surface area contributed by atoms with Crippen LogP contribution in [0.4, 0.5) is 0 Å². The van der Waals surface area contributed by atoms with Gasteiger partial charge in [0.15, 0.2) is 0 Å². The van der Waals surface area contributed by atoms with Gasteiger partial charge in [0.25, 0.3) is 0 Å². The SMILES string of the molecule is C[C@H](NCc1ccc(-c2cc(Cl)ccc2Cl)o1)c1ccccc1. The number of rotatable bonds is 5. The molecule has 1 aromatic heterocycles. The van der Waals surface area contributed by atoms with Crippen LogP contribution in [0.5, 0.6) is 0 Å². The molecule has 0 aliphatic carbocycles. The molecular weight excluding hydrogens is 329 g/mol. The van der Waals surface area contributed by atoms with Gasteiger partial charge in [-0.2, -0.15) is 0 Å². The Labute approximate surface area is 146 Å². The molecule has 0 saturated heterocycles. The van der Waals surface area contributed by atoms with Crippen molar-refractivity contribution in [3.8, 4) is 11.3 Å². The van der Waals surface area contributed by atoms with E-state index in [0.29, 0.717) is 16.6 Å². The molecule has 118 valence electrons. The highest BCUT2D eigenvalue weighted by Crippen LogP contribution is 2.31. The van der Waals surface area contributed by atoms with E-state index in [0.717, 1.165) is 17.1 Å². The third-order valence-electron chi connectivity index (χ3n) is 3.74. The van der Waals surface area contributed by atoms with Gasteiger partial charge in [0.1, 0.15) is 11.5 Å². The van der Waals surface area contributed by atoms with Crippen molar-refractivity contribution in [2.75, 3.05) is 0 Å². The molecule has 2 nitrogen and oxygen atoms in total. The van der Waals surface area contributed by atoms with Crippen LogP contribution in [-0.2, 0) is 6.54 Å². The van der Waals surface area contributed by atoms with Gasteiger partial charge in [0.05, 0.1) is 11.6 Å². The van der Waals surface area contributed by atoms with Crippen LogP contribution in [0.25, 0.3) is 11.3 Å². The van der Waals surface area contributed by atoms with Gasteiger partial charge in [-0.15, -0.1) is 0 Å². The Balaban J connectivity index is 1.69. The summed E-state index contributed by atoms with van der Waals surface area (Å²) in [5, 5.41) is 4.72. The molecule has 2 aromatic carbocycles. The smallest absolute Gasteiger partial charge is 0.135 e. The lowest BCUT2D eigenvalue weighted by Crippen LogP contribution is -2.17. The van der Waals surface area contributed by atoms with Gasteiger partial charge >= 0.3 is 0 Å². The average Bonchev–Trinajstić information content (AvgIpc) is 3.04. The highest BCUT2D eigenvalue weighted by molar-refractivity contribution is 6.35. The van der Waals surface area contributed by atoms with Crippen molar-refractivity contribution in [3.63, 3.8) is 0 Å². The zero-order chi connectivity index (χ0) is 16.2. The van der Waals surface area contributed by atoms with Gasteiger partial charge in [-0.1, -0.05) is 53.5 Å². The highest BCUT2D eigenvalue weighted by Gasteiger charge is 2.10. The van der Waals surface area contributed by atoms with E-state index in [2.05, 4.69) is 24.4 Å². The second-order valence-corrected chi connectivity index (χ2v) is 6.25. The molecule has 0 aliphatic heterocycles. The average molecular weight is 346 g/mol. The summed E-state index contributed by atoms with van der Waals surface area (Å²) < 4.78 is 5.89. The number of halogens is 2. The predicted molar refractivity (Wildman–Crippen MR) is 95.9 cm³/mol. The summed E-state index contributed by atoms with van der Waals surface area (Å²) in [6.45, 7) is 2.78. The molecule has 4 heteroatoms. The molecule has 0 amide bonds. The Bertz CT molecular complexity index is 783. The molecule has 0 spiro atoms. The Kier molecular flexibility index (Phi) is 5.06. The van der Waals surface area contributed by atoms with Gasteiger partial charge in [-0.3, -0.25) is 0 Å². The summed E-state index contributed by atoms with van der Waals surface area (Å²) in [6, 6.07) is 19.8. The van der Waals surface area contributed by atoms with Gasteiger partial charge in [-0.25, -0.2) is 0 Å². The Hall–Kier alpha value is -1.74. The van der Waals surface area contributed by atoms with E-state index in [1.54, 1.807) is 12.1 Å². The maximum Gasteiger partial charge on any atom is 0.135 e. The second kappa shape index (κ2) is 7.22. The first kappa shape index (κ1) is 16.1. The molecule has 0 fully saturated rings. The largest absolute Gasteiger partial charge is 0.460 e. The van der Waals surface area contributed by atoms with Crippen LogP contribution in [0.2, 0.25) is 10.0 Å². The van der Waals surface area contributed by atoms with Crippen molar-refractivity contribution in [2.24, 2.45) is 0 Å². The number of benzene rings is 2. The Morgan fingerprint density at radius 3 is 2.57 bits per heavy atom. The Morgan fingerprint density at radius 1 is 1.00 bits per heavy atom. The van der Waals surface area contributed by atoms with E-state index in [1.165, 1.54) is 5.56 Å². The summed E-state index contributed by atoms with van der Waals surface area (Å²) in [4.78, 5) is 0. The van der Waals surface area contributed by atoms with E-state index in [4.69, 9.17) is 27.6 Å². The van der Waals surface area contributed by atoms with E-state index in [-0.39, 0.29) is 6.04 Å². The van der Waals surface area contributed by atoms with Gasteiger partial charge < -0.3 is 9.73 Å². The van der Waals surface area contributed by atoms with Gasteiger partial charge in [0.2, 0.25) is 0 Å². The van der Waals surface area contributed by atoms with E-state index in [1.807, 2.05) is 36.4 Å². The number of hydrogen-bond donors (Lipinski definition) is 1. The molecule has 0 unspecified atom stereocenters. The molecule has 3 rings (SSSR count). The maximum absolute atomic E-state index is 6.21. The molecule has 0 bridgehead atoms. The lowest BCUT2D eigenvalue weighted by molar-refractivity contribution is 0.468. The van der Waals surface area contributed by atoms with Crippen molar-refractivity contribution < 1.29 is 4.42 Å². The van der Waals surface area contributed by atoms with Crippen LogP contribution in [0, 0.1) is 0 Å². The van der Waals surface area contributed by atoms with Crippen LogP contribution in [0.15, 0.2) is 65.1 Å². The zero-order valence-electron chi connectivity index (χ0n) is 12.7. The summed E-state index contributed by atoms with van der Waals surface area (Å²) >= 11 is 12.2. The monoisotopic (exact) mass is 345 g/mol. The molecule has 0 saturated carbocycles. The van der Waals surface area contributed by atoms with Crippen molar-refractivity contribution in [2.45, 2.75) is 19.5 Å². The molecule has 3 aromatic rings. The lowest BCUT2D eigenvalue weighted by atomic mass is 10.1. The minimum absolute atomic E-state index is 0.250. The number of nitrogens with one attached hydrogen (secondary N) is 1. The minimum atomic E-state index is 0.250. The quantitative estimate of drug-likeness (QED) is 0.603. The fraction of sp³-hybridized carbons (Fsp3) is 0.158. The molecule has 0 aliphatic rings. The summed E-state index contributed by atoms with van der Waals surface area (Å²) in [6.07, 6.45) is 0. The summed E-state index contributed by atoms with van der Waals surface area (Å²) in [7, 11) is 0. The predicted octanol–water partition coefficient (Wildman–Crippen LogP) is 6.10. The van der Waals surface area contributed by atoms with Crippen molar-refractivity contribution >= 4 is 23.2 Å². The molecular formula is C19H17Cl2NO. The third kappa shape index (κ3) is 3.97. The Morgan fingerprint density at radius 2 is 1.78 bits per heavy atom. The topological polar surface area (TPSA) is 25.2 Å². The van der Waals surface area contributed by atoms with Crippen molar-refractivity contribution in [3.05, 3.63) is 82.0 Å². The summed E-state index contributed by atoms with van der Waals surface area (Å²) in [5.41, 5.74) is 2.05. The lowest BCUT2D eigenvalue weighted by Gasteiger charge is -2.13. The summed E-state index contributed by atoms with van der Waals surface area (Å²) in [5.74, 6) is 1.58. The molecule has 1 heterocycles. The maximum atomic E-state index is 6.21. The minimum Gasteiger partial charge on any atom is -0.460 e. The van der Waals surface area contributed by atoms with Crippen molar-refractivity contribution in [1.82, 2.24) is 5.32 Å².